The fourth-order valence-corrected chi connectivity index (χ4v) is 13.1. The normalized spacial score (nSPS) is 26.1. The van der Waals surface area contributed by atoms with E-state index in [2.05, 4.69) is 79.8 Å². The molecular weight excluding hydrogens is 905 g/mol. The van der Waals surface area contributed by atoms with Gasteiger partial charge in [-0.25, -0.2) is 0 Å². The summed E-state index contributed by atoms with van der Waals surface area (Å²) in [7, 11) is -1.93. The second-order valence-electron chi connectivity index (χ2n) is 22.1. The molecule has 3 saturated carbocycles. The Morgan fingerprint density at radius 3 is 2.09 bits per heavy atom. The third-order valence-electron chi connectivity index (χ3n) is 16.5. The average molecular weight is 983 g/mol. The van der Waals surface area contributed by atoms with Crippen molar-refractivity contribution in [1.82, 2.24) is 5.32 Å². The fraction of sp³-hybridized carbons (Fsp3) is 0.648. The maximum Gasteiger partial charge on any atom is 0.250 e. The van der Waals surface area contributed by atoms with Crippen LogP contribution in [0.5, 0.6) is 0 Å². The van der Waals surface area contributed by atoms with E-state index in [0.717, 1.165) is 57.8 Å². The SMILES string of the molecule is CC(=O)[C@H]1CC[C@H]2[C@@H]3[C@H](OCCCCCC(=O)NCC(=O)Nc4ccc(C(=O)c5ccc(NC(=O)COCCOCCN=[N+]=[N-])cc5)cc4)C=C4C[C@@H](O[Si](C)(C)C(C)(C)C)CC[C@]4(C)[C@H]3CC[C@]12C. The van der Waals surface area contributed by atoms with E-state index < -0.39 is 8.32 Å². The highest BCUT2D eigenvalue weighted by Gasteiger charge is 2.62. The van der Waals surface area contributed by atoms with Crippen molar-refractivity contribution < 1.29 is 42.6 Å². The van der Waals surface area contributed by atoms with Crippen LogP contribution in [0.2, 0.25) is 18.1 Å². The summed E-state index contributed by atoms with van der Waals surface area (Å²) in [5, 5.41) is 11.7. The van der Waals surface area contributed by atoms with Gasteiger partial charge in [0, 0.05) is 59.0 Å². The third-order valence-corrected chi connectivity index (χ3v) is 21.0. The van der Waals surface area contributed by atoms with E-state index in [1.54, 1.807) is 55.5 Å². The molecule has 16 heteroatoms. The molecule has 0 aromatic heterocycles. The van der Waals surface area contributed by atoms with Crippen LogP contribution < -0.4 is 16.0 Å². The number of fused-ring (bicyclic) bond motifs is 5. The Bertz CT molecular complexity index is 2240. The molecule has 6 rings (SSSR count). The highest BCUT2D eigenvalue weighted by atomic mass is 28.4. The van der Waals surface area contributed by atoms with Crippen LogP contribution in [-0.2, 0) is 37.8 Å². The summed E-state index contributed by atoms with van der Waals surface area (Å²) in [6.45, 7) is 19.6. The van der Waals surface area contributed by atoms with E-state index in [4.69, 9.17) is 24.2 Å². The van der Waals surface area contributed by atoms with E-state index >= 15 is 0 Å². The average Bonchev–Trinajstić information content (AvgIpc) is 3.68. The highest BCUT2D eigenvalue weighted by molar-refractivity contribution is 6.74. The molecular formula is C54H78N6O9Si. The van der Waals surface area contributed by atoms with Gasteiger partial charge >= 0.3 is 0 Å². The van der Waals surface area contributed by atoms with Crippen LogP contribution in [-0.4, -0.2) is 95.9 Å². The number of ether oxygens (including phenoxy) is 3. The number of anilines is 2. The topological polar surface area (TPSA) is 207 Å². The summed E-state index contributed by atoms with van der Waals surface area (Å²) in [6, 6.07) is 13.0. The Hall–Kier alpha value is -4.70. The Morgan fingerprint density at radius 2 is 1.44 bits per heavy atom. The molecule has 2 aromatic carbocycles. The van der Waals surface area contributed by atoms with Gasteiger partial charge in [-0.05, 0) is 165 Å². The van der Waals surface area contributed by atoms with Crippen LogP contribution in [0.25, 0.3) is 10.4 Å². The number of azide groups is 1. The first kappa shape index (κ1) is 54.6. The Balaban J connectivity index is 0.916. The molecule has 0 radical (unpaired) electrons. The van der Waals surface area contributed by atoms with Crippen LogP contribution in [0.3, 0.4) is 0 Å². The number of benzene rings is 2. The lowest BCUT2D eigenvalue weighted by atomic mass is 9.46. The summed E-state index contributed by atoms with van der Waals surface area (Å²) in [5.74, 6) is 0.685. The standard InChI is InChI=1S/C54H78N6O9Si/c1-36(61)43-21-22-44-50-45(24-26-54(43,44)6)53(5)25-23-42(69-70(7,8)52(2,3)4)32-39(53)33-46(50)68-28-11-9-10-12-47(62)56-34-48(63)58-40-17-13-37(14-18-40)51(65)38-15-19-41(20-16-38)59-49(64)35-67-31-30-66-29-27-57-60-55/h13-20,33,42-46,50H,9-12,21-32,34-35H2,1-8H3,(H,56,62)(H,58,63)(H,59,64)/t42-,43+,44-,45-,46+,50-,53-,54+/m0/s1. The summed E-state index contributed by atoms with van der Waals surface area (Å²) >= 11 is 0. The zero-order valence-electron chi connectivity index (χ0n) is 42.9. The first-order valence-electron chi connectivity index (χ1n) is 25.5. The maximum absolute atomic E-state index is 13.1. The molecule has 0 spiro atoms. The molecule has 15 nitrogen and oxygen atoms in total. The van der Waals surface area contributed by atoms with Gasteiger partial charge < -0.3 is 34.6 Å². The molecule has 0 aliphatic heterocycles. The number of hydrogen-bond acceptors (Lipinski definition) is 10. The van der Waals surface area contributed by atoms with Crippen LogP contribution in [0.1, 0.15) is 128 Å². The largest absolute Gasteiger partial charge is 0.414 e. The molecule has 0 unspecified atom stereocenters. The van der Waals surface area contributed by atoms with Gasteiger partial charge in [-0.2, -0.15) is 0 Å². The predicted molar refractivity (Wildman–Crippen MR) is 274 cm³/mol. The van der Waals surface area contributed by atoms with Gasteiger partial charge in [-0.1, -0.05) is 57.8 Å². The molecule has 3 fully saturated rings. The van der Waals surface area contributed by atoms with Crippen molar-refractivity contribution in [3.05, 3.63) is 81.7 Å². The number of unbranched alkanes of at least 4 members (excludes halogenated alkanes) is 2. The maximum atomic E-state index is 13.1. The molecule has 382 valence electrons. The monoisotopic (exact) mass is 983 g/mol. The highest BCUT2D eigenvalue weighted by Crippen LogP contribution is 2.67. The van der Waals surface area contributed by atoms with Gasteiger partial charge in [0.05, 0.1) is 32.5 Å². The van der Waals surface area contributed by atoms with Gasteiger partial charge in [0.25, 0.3) is 0 Å². The minimum Gasteiger partial charge on any atom is -0.414 e. The lowest BCUT2D eigenvalue weighted by Gasteiger charge is -2.60. The fourth-order valence-electron chi connectivity index (χ4n) is 11.7. The van der Waals surface area contributed by atoms with Gasteiger partial charge in [0.1, 0.15) is 12.4 Å². The molecule has 70 heavy (non-hydrogen) atoms. The van der Waals surface area contributed by atoms with E-state index in [9.17, 15) is 24.0 Å². The lowest BCUT2D eigenvalue weighted by Crippen LogP contribution is -2.56. The molecule has 2 aromatic rings. The van der Waals surface area contributed by atoms with Gasteiger partial charge in [-0.3, -0.25) is 24.0 Å². The van der Waals surface area contributed by atoms with Crippen molar-refractivity contribution in [2.45, 2.75) is 143 Å². The van der Waals surface area contributed by atoms with Crippen molar-refractivity contribution in [3.8, 4) is 0 Å². The number of hydrogen-bond donors (Lipinski definition) is 3. The number of nitrogens with one attached hydrogen (secondary N) is 3. The Kier molecular flexibility index (Phi) is 18.8. The van der Waals surface area contributed by atoms with Gasteiger partial charge in [0.2, 0.25) is 17.7 Å². The second kappa shape index (κ2) is 24.1. The van der Waals surface area contributed by atoms with Gasteiger partial charge in [0.15, 0.2) is 14.1 Å². The Labute approximate surface area is 416 Å². The Morgan fingerprint density at radius 1 is 0.786 bits per heavy atom. The molecule has 0 bridgehead atoms. The summed E-state index contributed by atoms with van der Waals surface area (Å²) in [6.07, 6.45) is 12.9. The number of carbonyl (C=O) groups excluding carboxylic acids is 5. The molecule has 0 heterocycles. The molecule has 4 aliphatic rings. The van der Waals surface area contributed by atoms with Crippen LogP contribution in [0.4, 0.5) is 11.4 Å². The zero-order valence-corrected chi connectivity index (χ0v) is 43.9. The number of amides is 3. The van der Waals surface area contributed by atoms with Crippen LogP contribution in [0, 0.1) is 34.5 Å². The van der Waals surface area contributed by atoms with Crippen molar-refractivity contribution in [3.63, 3.8) is 0 Å². The zero-order chi connectivity index (χ0) is 50.7. The van der Waals surface area contributed by atoms with E-state index in [1.807, 2.05) is 0 Å². The van der Waals surface area contributed by atoms with Crippen molar-refractivity contribution in [2.24, 2.45) is 39.6 Å². The summed E-state index contributed by atoms with van der Waals surface area (Å²) in [5.41, 5.74) is 11.7. The number of ketones is 2. The van der Waals surface area contributed by atoms with Crippen LogP contribution >= 0.6 is 0 Å². The molecule has 4 aliphatic carbocycles. The first-order chi connectivity index (χ1) is 33.3. The molecule has 3 N–H and O–H groups in total. The lowest BCUT2D eigenvalue weighted by molar-refractivity contribution is -0.133. The van der Waals surface area contributed by atoms with Crippen LogP contribution in [0.15, 0.2) is 65.3 Å². The summed E-state index contributed by atoms with van der Waals surface area (Å²) in [4.78, 5) is 66.4. The number of Topliss-reactive ketones (excluding diaryl/α,β-unsaturated/α-hetero) is 1. The number of nitrogens with zero attached hydrogens (tertiary/aromatic N) is 3. The predicted octanol–water partition coefficient (Wildman–Crippen LogP) is 10.4. The molecule has 3 amide bonds. The first-order valence-corrected chi connectivity index (χ1v) is 28.4. The third kappa shape index (κ3) is 13.6. The van der Waals surface area contributed by atoms with Crippen molar-refractivity contribution >= 4 is 49.0 Å². The minimum absolute atomic E-state index is 0.00285. The quantitative estimate of drug-likeness (QED) is 0.0174. The van der Waals surface area contributed by atoms with Crippen molar-refractivity contribution in [1.29, 1.82) is 0 Å². The van der Waals surface area contributed by atoms with Crippen molar-refractivity contribution in [2.75, 3.05) is 56.8 Å². The number of rotatable bonds is 24. The molecule has 0 saturated heterocycles. The minimum atomic E-state index is -1.93. The van der Waals surface area contributed by atoms with E-state index in [1.165, 1.54) is 5.57 Å². The van der Waals surface area contributed by atoms with E-state index in [0.29, 0.717) is 65.5 Å². The second-order valence-corrected chi connectivity index (χ2v) is 26.8. The van der Waals surface area contributed by atoms with Gasteiger partial charge in [-0.15, -0.1) is 0 Å². The number of carbonyl (C=O) groups is 5. The molecule has 8 atom stereocenters. The van der Waals surface area contributed by atoms with E-state index in [-0.39, 0.29) is 97.0 Å². The summed E-state index contributed by atoms with van der Waals surface area (Å²) < 4.78 is 24.5. The smallest absolute Gasteiger partial charge is 0.250 e.